The first-order valence-electron chi connectivity index (χ1n) is 6.12. The van der Waals surface area contributed by atoms with Gasteiger partial charge in [-0.2, -0.15) is 0 Å². The fourth-order valence-corrected chi connectivity index (χ4v) is 1.80. The van der Waals surface area contributed by atoms with E-state index in [1.165, 1.54) is 0 Å². The molecule has 5 nitrogen and oxygen atoms in total. The van der Waals surface area contributed by atoms with Crippen molar-refractivity contribution in [3.63, 3.8) is 0 Å². The molecule has 0 saturated carbocycles. The van der Waals surface area contributed by atoms with Crippen LogP contribution in [0.15, 0.2) is 0 Å². The van der Waals surface area contributed by atoms with Gasteiger partial charge in [0.05, 0.1) is 18.8 Å². The maximum Gasteiger partial charge on any atom is 0.407 e. The molecule has 1 heterocycles. The van der Waals surface area contributed by atoms with Crippen LogP contribution in [0.4, 0.5) is 4.79 Å². The van der Waals surface area contributed by atoms with Crippen LogP contribution in [0.2, 0.25) is 0 Å². The number of rotatable bonds is 4. The van der Waals surface area contributed by atoms with Gasteiger partial charge in [-0.05, 0) is 40.0 Å². The van der Waals surface area contributed by atoms with Crippen LogP contribution in [0.1, 0.15) is 40.0 Å². The van der Waals surface area contributed by atoms with Gasteiger partial charge in [0, 0.05) is 6.61 Å². The first kappa shape index (κ1) is 14.3. The monoisotopic (exact) mass is 245 g/mol. The van der Waals surface area contributed by atoms with E-state index in [1.807, 2.05) is 0 Å². The Hall–Kier alpha value is -0.810. The van der Waals surface area contributed by atoms with Crippen molar-refractivity contribution in [2.45, 2.75) is 57.8 Å². The molecule has 1 aliphatic heterocycles. The third kappa shape index (κ3) is 5.89. The Morgan fingerprint density at radius 1 is 1.59 bits per heavy atom. The highest BCUT2D eigenvalue weighted by Crippen LogP contribution is 2.17. The summed E-state index contributed by atoms with van der Waals surface area (Å²) in [5.74, 6) is 0. The summed E-state index contributed by atoms with van der Waals surface area (Å²) in [5.41, 5.74) is -0.520. The van der Waals surface area contributed by atoms with Crippen LogP contribution in [0.25, 0.3) is 0 Å². The number of amides is 1. The van der Waals surface area contributed by atoms with Crippen molar-refractivity contribution in [1.29, 1.82) is 0 Å². The van der Waals surface area contributed by atoms with Crippen LogP contribution < -0.4 is 5.32 Å². The van der Waals surface area contributed by atoms with Gasteiger partial charge in [0.25, 0.3) is 0 Å². The topological polar surface area (TPSA) is 67.8 Å². The molecule has 2 N–H and O–H groups in total. The van der Waals surface area contributed by atoms with Crippen molar-refractivity contribution in [3.05, 3.63) is 0 Å². The summed E-state index contributed by atoms with van der Waals surface area (Å²) in [4.78, 5) is 11.5. The van der Waals surface area contributed by atoms with E-state index >= 15 is 0 Å². The summed E-state index contributed by atoms with van der Waals surface area (Å²) >= 11 is 0. The smallest absolute Gasteiger partial charge is 0.407 e. The molecule has 100 valence electrons. The molecule has 1 fully saturated rings. The van der Waals surface area contributed by atoms with Crippen LogP contribution in [-0.4, -0.2) is 42.2 Å². The highest BCUT2D eigenvalue weighted by molar-refractivity contribution is 5.68. The predicted molar refractivity (Wildman–Crippen MR) is 63.8 cm³/mol. The number of ether oxygens (including phenoxy) is 2. The highest BCUT2D eigenvalue weighted by atomic mass is 16.6. The number of hydrogen-bond donors (Lipinski definition) is 2. The normalized spacial score (nSPS) is 22.2. The summed E-state index contributed by atoms with van der Waals surface area (Å²) in [6.07, 6.45) is 2.33. The summed E-state index contributed by atoms with van der Waals surface area (Å²) in [6, 6.07) is -0.298. The Morgan fingerprint density at radius 3 is 2.76 bits per heavy atom. The largest absolute Gasteiger partial charge is 0.444 e. The molecule has 1 aliphatic rings. The molecule has 0 aromatic heterocycles. The van der Waals surface area contributed by atoms with Gasteiger partial charge in [0.1, 0.15) is 5.60 Å². The highest BCUT2D eigenvalue weighted by Gasteiger charge is 2.23. The van der Waals surface area contributed by atoms with Gasteiger partial charge in [0.15, 0.2) is 0 Å². The van der Waals surface area contributed by atoms with E-state index in [4.69, 9.17) is 9.47 Å². The number of aliphatic hydroxyl groups excluding tert-OH is 1. The van der Waals surface area contributed by atoms with Crippen LogP contribution in [0.3, 0.4) is 0 Å². The molecule has 2 unspecified atom stereocenters. The summed E-state index contributed by atoms with van der Waals surface area (Å²) in [6.45, 7) is 6.09. The standard InChI is InChI=1S/C12H23NO4/c1-12(2,3)17-11(15)13-9(8-14)7-10-5-4-6-16-10/h9-10,14H,4-8H2,1-3H3,(H,13,15). The minimum Gasteiger partial charge on any atom is -0.444 e. The van der Waals surface area contributed by atoms with E-state index in [0.29, 0.717) is 6.42 Å². The summed E-state index contributed by atoms with van der Waals surface area (Å²) < 4.78 is 10.6. The number of aliphatic hydroxyl groups is 1. The lowest BCUT2D eigenvalue weighted by Gasteiger charge is -2.24. The van der Waals surface area contributed by atoms with Gasteiger partial charge >= 0.3 is 6.09 Å². The predicted octanol–water partition coefficient (Wildman–Crippen LogP) is 1.44. The SMILES string of the molecule is CC(C)(C)OC(=O)NC(CO)CC1CCCO1. The first-order valence-corrected chi connectivity index (χ1v) is 6.12. The lowest BCUT2D eigenvalue weighted by atomic mass is 10.1. The van der Waals surface area contributed by atoms with Crippen molar-refractivity contribution < 1.29 is 19.4 Å². The molecule has 0 bridgehead atoms. The number of hydrogen-bond acceptors (Lipinski definition) is 4. The average molecular weight is 245 g/mol. The molecule has 17 heavy (non-hydrogen) atoms. The van der Waals surface area contributed by atoms with Crippen LogP contribution in [0, 0.1) is 0 Å². The van der Waals surface area contributed by atoms with E-state index in [9.17, 15) is 9.90 Å². The van der Waals surface area contributed by atoms with Gasteiger partial charge in [-0.25, -0.2) is 4.79 Å². The average Bonchev–Trinajstić information content (AvgIpc) is 2.66. The fourth-order valence-electron chi connectivity index (χ4n) is 1.80. The van der Waals surface area contributed by atoms with E-state index in [2.05, 4.69) is 5.32 Å². The second-order valence-corrected chi connectivity index (χ2v) is 5.40. The van der Waals surface area contributed by atoms with Gasteiger partial charge in [-0.3, -0.25) is 0 Å². The van der Waals surface area contributed by atoms with Crippen molar-refractivity contribution in [3.8, 4) is 0 Å². The zero-order valence-electron chi connectivity index (χ0n) is 10.9. The zero-order valence-corrected chi connectivity index (χ0v) is 10.9. The number of alkyl carbamates (subject to hydrolysis) is 1. The molecular formula is C12H23NO4. The molecule has 2 atom stereocenters. The maximum absolute atomic E-state index is 11.5. The maximum atomic E-state index is 11.5. The molecule has 1 rings (SSSR count). The Balaban J connectivity index is 2.32. The van der Waals surface area contributed by atoms with E-state index in [0.717, 1.165) is 19.4 Å². The minimum atomic E-state index is -0.520. The van der Waals surface area contributed by atoms with E-state index < -0.39 is 11.7 Å². The number of carbonyl (C=O) groups excluding carboxylic acids is 1. The van der Waals surface area contributed by atoms with Gasteiger partial charge < -0.3 is 19.9 Å². The van der Waals surface area contributed by atoms with Gasteiger partial charge in [-0.1, -0.05) is 0 Å². The van der Waals surface area contributed by atoms with Crippen molar-refractivity contribution in [2.24, 2.45) is 0 Å². The van der Waals surface area contributed by atoms with Crippen molar-refractivity contribution in [1.82, 2.24) is 5.32 Å². The molecular weight excluding hydrogens is 222 g/mol. The molecule has 1 saturated heterocycles. The molecule has 0 aliphatic carbocycles. The van der Waals surface area contributed by atoms with E-state index in [1.54, 1.807) is 20.8 Å². The molecule has 0 radical (unpaired) electrons. The van der Waals surface area contributed by atoms with E-state index in [-0.39, 0.29) is 18.8 Å². The summed E-state index contributed by atoms with van der Waals surface area (Å²) in [7, 11) is 0. The minimum absolute atomic E-state index is 0.0981. The lowest BCUT2D eigenvalue weighted by molar-refractivity contribution is 0.0426. The Morgan fingerprint density at radius 2 is 2.29 bits per heavy atom. The van der Waals surface area contributed by atoms with Crippen molar-refractivity contribution >= 4 is 6.09 Å². The zero-order chi connectivity index (χ0) is 12.9. The van der Waals surface area contributed by atoms with Gasteiger partial charge in [0.2, 0.25) is 0 Å². The second-order valence-electron chi connectivity index (χ2n) is 5.40. The number of nitrogens with one attached hydrogen (secondary N) is 1. The number of carbonyl (C=O) groups is 1. The second kappa shape index (κ2) is 6.21. The summed E-state index contributed by atoms with van der Waals surface area (Å²) in [5, 5.41) is 11.9. The molecule has 0 aromatic carbocycles. The van der Waals surface area contributed by atoms with Crippen LogP contribution in [0.5, 0.6) is 0 Å². The van der Waals surface area contributed by atoms with Gasteiger partial charge in [-0.15, -0.1) is 0 Å². The lowest BCUT2D eigenvalue weighted by Crippen LogP contribution is -2.42. The quantitative estimate of drug-likeness (QED) is 0.786. The molecule has 0 aromatic rings. The molecule has 0 spiro atoms. The third-order valence-corrected chi connectivity index (χ3v) is 2.51. The fraction of sp³-hybridized carbons (Fsp3) is 0.917. The Kier molecular flexibility index (Phi) is 5.21. The molecule has 5 heteroatoms. The third-order valence-electron chi connectivity index (χ3n) is 2.51. The van der Waals surface area contributed by atoms with Crippen molar-refractivity contribution in [2.75, 3.05) is 13.2 Å². The first-order chi connectivity index (χ1) is 7.90. The van der Waals surface area contributed by atoms with Crippen LogP contribution >= 0.6 is 0 Å². The van der Waals surface area contributed by atoms with Crippen LogP contribution in [-0.2, 0) is 9.47 Å². The Labute approximate surface area is 102 Å². The Bertz CT molecular complexity index is 243. The molecule has 1 amide bonds.